The molecule has 0 bridgehead atoms. The summed E-state index contributed by atoms with van der Waals surface area (Å²) in [6.45, 7) is 7.17. The van der Waals surface area contributed by atoms with E-state index >= 15 is 0 Å². The molecule has 1 unspecified atom stereocenters. The van der Waals surface area contributed by atoms with E-state index in [0.29, 0.717) is 19.1 Å². The van der Waals surface area contributed by atoms with Gasteiger partial charge in [0.2, 0.25) is 5.91 Å². The minimum Gasteiger partial charge on any atom is -0.372 e. The average Bonchev–Trinajstić information content (AvgIpc) is 2.81. The number of rotatable bonds is 10. The second kappa shape index (κ2) is 14.4. The Labute approximate surface area is 221 Å². The zero-order valence-electron chi connectivity index (χ0n) is 19.3. The lowest BCUT2D eigenvalue weighted by Crippen LogP contribution is -2.54. The summed E-state index contributed by atoms with van der Waals surface area (Å²) in [6.07, 6.45) is 5.72. The zero-order valence-corrected chi connectivity index (χ0v) is 23.7. The van der Waals surface area contributed by atoms with Gasteiger partial charge in [0.25, 0.3) is 0 Å². The Balaban J connectivity index is 1.73. The van der Waals surface area contributed by atoms with E-state index in [1.807, 2.05) is 27.5 Å². The van der Waals surface area contributed by atoms with Crippen LogP contribution >= 0.6 is 45.8 Å². The van der Waals surface area contributed by atoms with E-state index in [4.69, 9.17) is 27.9 Å². The van der Waals surface area contributed by atoms with Crippen molar-refractivity contribution in [1.82, 2.24) is 14.7 Å². The molecule has 33 heavy (non-hydrogen) atoms. The van der Waals surface area contributed by atoms with Crippen molar-refractivity contribution in [3.8, 4) is 0 Å². The average molecular weight is 634 g/mol. The second-order valence-electron chi connectivity index (χ2n) is 8.45. The number of hydrogen-bond acceptors (Lipinski definition) is 6. The van der Waals surface area contributed by atoms with Gasteiger partial charge in [0, 0.05) is 44.4 Å². The van der Waals surface area contributed by atoms with Gasteiger partial charge < -0.3 is 14.5 Å². The summed E-state index contributed by atoms with van der Waals surface area (Å²) in [6, 6.07) is 0.617. The van der Waals surface area contributed by atoms with Crippen LogP contribution in [0.2, 0.25) is 0 Å². The Morgan fingerprint density at radius 2 is 1.82 bits per heavy atom. The number of carbonyl (C=O) groups excluding carboxylic acids is 1. The highest BCUT2D eigenvalue weighted by atomic mass is 127. The summed E-state index contributed by atoms with van der Waals surface area (Å²) in [7, 11) is -1.55. The normalized spacial score (nSPS) is 21.7. The molecule has 188 valence electrons. The molecule has 0 saturated carbocycles. The smallest absolute Gasteiger partial charge is 0.248 e. The third kappa shape index (κ3) is 8.77. The van der Waals surface area contributed by atoms with Crippen molar-refractivity contribution in [3.63, 3.8) is 0 Å². The van der Waals surface area contributed by atoms with Crippen molar-refractivity contribution in [3.05, 3.63) is 31.7 Å². The number of amides is 1. The van der Waals surface area contributed by atoms with E-state index in [0.717, 1.165) is 31.7 Å². The molecule has 2 aliphatic rings. The van der Waals surface area contributed by atoms with Crippen LogP contribution < -0.4 is 0 Å². The van der Waals surface area contributed by atoms with Crippen LogP contribution in [0.4, 0.5) is 0 Å². The lowest BCUT2D eigenvalue weighted by atomic mass is 10.0. The highest BCUT2D eigenvalue weighted by Gasteiger charge is 2.29. The lowest BCUT2D eigenvalue weighted by Gasteiger charge is -2.42. The van der Waals surface area contributed by atoms with Crippen LogP contribution in [0.3, 0.4) is 0 Å². The van der Waals surface area contributed by atoms with Gasteiger partial charge in [0.05, 0.1) is 15.2 Å². The fraction of sp³-hybridized carbons (Fsp3) is 0.682. The number of ether oxygens (including phenoxy) is 1. The Morgan fingerprint density at radius 1 is 1.18 bits per heavy atom. The maximum atomic E-state index is 12.8. The van der Waals surface area contributed by atoms with E-state index < -0.39 is 15.1 Å². The van der Waals surface area contributed by atoms with Gasteiger partial charge in [-0.25, -0.2) is 8.42 Å². The highest BCUT2D eigenvalue weighted by molar-refractivity contribution is 14.1. The Hall–Kier alpha value is -0.170. The molecule has 2 rings (SSSR count). The molecule has 7 nitrogen and oxygen atoms in total. The standard InChI is InChI=1S/C22H34Cl2IN3O4S/c1-18(33(30,31)21(16-23)20(24)4-3-8-25)7-15-32-17-22(29)28-13-11-27(12-14-28)19-5-9-26(2)10-6-19/h3-4,8,16,18-19H,5-7,9-15,17H2,1-2H3/b8-3-,20-4+,21-16-. The van der Waals surface area contributed by atoms with Crippen molar-refractivity contribution < 1.29 is 17.9 Å². The van der Waals surface area contributed by atoms with Crippen molar-refractivity contribution in [2.75, 3.05) is 59.5 Å². The van der Waals surface area contributed by atoms with Gasteiger partial charge >= 0.3 is 0 Å². The third-order valence-corrected chi connectivity index (χ3v) is 9.70. The number of halogens is 3. The number of piperidine rings is 1. The number of allylic oxidation sites excluding steroid dienone is 3. The minimum atomic E-state index is -3.71. The zero-order chi connectivity index (χ0) is 24.4. The van der Waals surface area contributed by atoms with Crippen LogP contribution in [0, 0.1) is 0 Å². The number of likely N-dealkylation sites (tertiary alicyclic amines) is 1. The first-order valence-electron chi connectivity index (χ1n) is 11.2. The molecule has 2 heterocycles. The van der Waals surface area contributed by atoms with Crippen molar-refractivity contribution in [2.24, 2.45) is 0 Å². The number of sulfone groups is 1. The Morgan fingerprint density at radius 3 is 2.39 bits per heavy atom. The molecule has 2 saturated heterocycles. The number of carbonyl (C=O) groups is 1. The van der Waals surface area contributed by atoms with Gasteiger partial charge in [-0.05, 0) is 56.5 Å². The number of nitrogens with zero attached hydrogens (tertiary/aromatic N) is 3. The molecule has 2 aliphatic heterocycles. The first-order chi connectivity index (χ1) is 15.7. The lowest BCUT2D eigenvalue weighted by molar-refractivity contribution is -0.138. The predicted octanol–water partition coefficient (Wildman–Crippen LogP) is 3.59. The number of hydrogen-bond donors (Lipinski definition) is 0. The second-order valence-corrected chi connectivity index (χ2v) is 12.1. The molecule has 1 atom stereocenters. The van der Waals surface area contributed by atoms with Gasteiger partial charge in [-0.1, -0.05) is 51.9 Å². The van der Waals surface area contributed by atoms with Crippen LogP contribution in [0.25, 0.3) is 0 Å². The van der Waals surface area contributed by atoms with E-state index in [1.54, 1.807) is 17.1 Å². The summed E-state index contributed by atoms with van der Waals surface area (Å²) < 4.78 is 32.8. The topological polar surface area (TPSA) is 70.2 Å². The number of piperazine rings is 1. The molecule has 2 fully saturated rings. The SMILES string of the molecule is CC(CCOCC(=O)N1CCN(C2CCN(C)CC2)CC1)S(=O)(=O)C(=C\Cl)/C(Cl)=C\C=C/I. The predicted molar refractivity (Wildman–Crippen MR) is 144 cm³/mol. The van der Waals surface area contributed by atoms with Crippen LogP contribution in [0.5, 0.6) is 0 Å². The van der Waals surface area contributed by atoms with Gasteiger partial charge in [-0.15, -0.1) is 0 Å². The van der Waals surface area contributed by atoms with Crippen LogP contribution in [-0.2, 0) is 19.4 Å². The highest BCUT2D eigenvalue weighted by Crippen LogP contribution is 2.27. The first-order valence-corrected chi connectivity index (χ1v) is 14.8. The van der Waals surface area contributed by atoms with Gasteiger partial charge in [0.15, 0.2) is 9.84 Å². The van der Waals surface area contributed by atoms with E-state index in [2.05, 4.69) is 16.8 Å². The molecular weight excluding hydrogens is 600 g/mol. The maximum Gasteiger partial charge on any atom is 0.248 e. The summed E-state index contributed by atoms with van der Waals surface area (Å²) in [5.74, 6) is -0.0496. The fourth-order valence-corrected chi connectivity index (χ4v) is 6.53. The minimum absolute atomic E-state index is 0.0414. The summed E-state index contributed by atoms with van der Waals surface area (Å²) >= 11 is 13.9. The molecule has 11 heteroatoms. The molecule has 0 radical (unpaired) electrons. The summed E-state index contributed by atoms with van der Waals surface area (Å²) in [5.41, 5.74) is 0.987. The monoisotopic (exact) mass is 633 g/mol. The molecule has 0 aromatic rings. The molecular formula is C22H34Cl2IN3O4S. The summed E-state index contributed by atoms with van der Waals surface area (Å²) in [5, 5.41) is -0.693. The molecule has 0 spiro atoms. The van der Waals surface area contributed by atoms with Gasteiger partial charge in [0.1, 0.15) is 6.61 Å². The maximum absolute atomic E-state index is 12.8. The molecule has 0 aliphatic carbocycles. The molecule has 0 aromatic carbocycles. The van der Waals surface area contributed by atoms with E-state index in [-0.39, 0.29) is 35.5 Å². The van der Waals surface area contributed by atoms with Crippen molar-refractivity contribution >= 4 is 61.5 Å². The quantitative estimate of drug-likeness (QED) is 0.208. The largest absolute Gasteiger partial charge is 0.372 e. The van der Waals surface area contributed by atoms with Crippen LogP contribution in [0.1, 0.15) is 26.2 Å². The Kier molecular flexibility index (Phi) is 12.7. The van der Waals surface area contributed by atoms with Crippen molar-refractivity contribution in [2.45, 2.75) is 37.5 Å². The summed E-state index contributed by atoms with van der Waals surface area (Å²) in [4.78, 5) is 19.1. The third-order valence-electron chi connectivity index (χ3n) is 6.25. The molecule has 0 N–H and O–H groups in total. The van der Waals surface area contributed by atoms with Crippen LogP contribution in [-0.4, -0.2) is 99.8 Å². The Bertz CT molecular complexity index is 835. The van der Waals surface area contributed by atoms with Crippen molar-refractivity contribution in [1.29, 1.82) is 0 Å². The fourth-order valence-electron chi connectivity index (χ4n) is 4.02. The van der Waals surface area contributed by atoms with Crippen LogP contribution in [0.15, 0.2) is 31.7 Å². The first kappa shape index (κ1) is 29.1. The molecule has 0 aromatic heterocycles. The van der Waals surface area contributed by atoms with E-state index in [1.165, 1.54) is 18.9 Å². The molecule has 1 amide bonds. The van der Waals surface area contributed by atoms with Gasteiger partial charge in [-0.3, -0.25) is 9.69 Å². The van der Waals surface area contributed by atoms with E-state index in [9.17, 15) is 13.2 Å². The van der Waals surface area contributed by atoms with Gasteiger partial charge in [-0.2, -0.15) is 0 Å².